The minimum Gasteiger partial charge on any atom is -0.289 e. The molecule has 0 aliphatic carbocycles. The third-order valence-electron chi connectivity index (χ3n) is 3.15. The second-order valence-corrected chi connectivity index (χ2v) is 4.56. The summed E-state index contributed by atoms with van der Waals surface area (Å²) in [5, 5.41) is 0. The summed E-state index contributed by atoms with van der Waals surface area (Å²) < 4.78 is 0. The van der Waals surface area contributed by atoms with Crippen molar-refractivity contribution in [1.82, 2.24) is 10.9 Å². The summed E-state index contributed by atoms with van der Waals surface area (Å²) in [5.74, 6) is 9.18. The van der Waals surface area contributed by atoms with Crippen LogP contribution in [0.4, 0.5) is 4.79 Å². The van der Waals surface area contributed by atoms with Gasteiger partial charge in [-0.1, -0.05) is 48.5 Å². The number of amides is 2. The number of carbonyl (C=O) groups excluding carboxylic acids is 2. The zero-order chi connectivity index (χ0) is 16.5. The van der Waals surface area contributed by atoms with Gasteiger partial charge in [0.15, 0.2) is 5.78 Å². The predicted molar refractivity (Wildman–Crippen MR) is 85.8 cm³/mol. The van der Waals surface area contributed by atoms with Gasteiger partial charge in [0.1, 0.15) is 0 Å². The molecule has 0 radical (unpaired) electrons. The Bertz CT molecular complexity index is 636. The van der Waals surface area contributed by atoms with Crippen LogP contribution in [-0.4, -0.2) is 11.8 Å². The highest BCUT2D eigenvalue weighted by Crippen LogP contribution is 2.16. The topological polar surface area (TPSA) is 110 Å². The Kier molecular flexibility index (Phi) is 6.75. The molecule has 116 valence electrons. The van der Waals surface area contributed by atoms with Gasteiger partial charge in [0, 0.05) is 11.1 Å². The van der Waals surface area contributed by atoms with Crippen molar-refractivity contribution in [2.75, 3.05) is 0 Å². The minimum atomic E-state index is -0.602. The van der Waals surface area contributed by atoms with Gasteiger partial charge in [-0.3, -0.25) is 15.6 Å². The van der Waals surface area contributed by atoms with E-state index in [2.05, 4.69) is 11.7 Å². The molecule has 2 rings (SSSR count). The summed E-state index contributed by atoms with van der Waals surface area (Å²) in [6, 6.07) is 14.6. The zero-order valence-electron chi connectivity index (χ0n) is 12.6. The molecule has 0 saturated heterocycles. The fourth-order valence-electron chi connectivity index (χ4n) is 1.78. The Hall–Kier alpha value is -2.70. The van der Waals surface area contributed by atoms with Crippen LogP contribution in [0.5, 0.6) is 0 Å². The zero-order valence-corrected chi connectivity index (χ0v) is 12.6. The van der Waals surface area contributed by atoms with Crippen LogP contribution in [0.3, 0.4) is 0 Å². The van der Waals surface area contributed by atoms with Crippen LogP contribution in [0.25, 0.3) is 0 Å². The van der Waals surface area contributed by atoms with Crippen molar-refractivity contribution in [3.63, 3.8) is 0 Å². The molecule has 0 heterocycles. The van der Waals surface area contributed by atoms with E-state index in [-0.39, 0.29) is 5.78 Å². The first-order valence-electron chi connectivity index (χ1n) is 6.64. The molecule has 0 aliphatic heterocycles. The predicted octanol–water partition coefficient (Wildman–Crippen LogP) is 1.57. The highest BCUT2D eigenvalue weighted by Gasteiger charge is 2.11. The summed E-state index contributed by atoms with van der Waals surface area (Å²) in [6.45, 7) is 4.02. The van der Waals surface area contributed by atoms with Crippen molar-refractivity contribution >= 4 is 11.8 Å². The van der Waals surface area contributed by atoms with E-state index in [0.717, 1.165) is 22.3 Å². The second kappa shape index (κ2) is 8.56. The van der Waals surface area contributed by atoms with Crippen LogP contribution >= 0.6 is 0 Å². The Morgan fingerprint density at radius 1 is 0.864 bits per heavy atom. The molecule has 6 N–H and O–H groups in total. The standard InChI is InChI=1S/C15H14O.CH6N4O/c1-11-7-6-10-14(12(11)2)15(16)13-8-4-3-5-9-13;2-4-1(6)5-3/h3-10H,1-2H3;2-3H2,(H2,4,5,6). The summed E-state index contributed by atoms with van der Waals surface area (Å²) in [4.78, 5) is 21.9. The van der Waals surface area contributed by atoms with Gasteiger partial charge in [-0.05, 0) is 25.0 Å². The Labute approximate surface area is 129 Å². The number of carbonyl (C=O) groups is 2. The molecule has 0 unspecified atom stereocenters. The van der Waals surface area contributed by atoms with Crippen LogP contribution < -0.4 is 22.5 Å². The lowest BCUT2D eigenvalue weighted by molar-refractivity contribution is 0.103. The van der Waals surface area contributed by atoms with Gasteiger partial charge in [-0.25, -0.2) is 16.5 Å². The summed E-state index contributed by atoms with van der Waals surface area (Å²) in [7, 11) is 0. The van der Waals surface area contributed by atoms with Crippen molar-refractivity contribution in [2.45, 2.75) is 13.8 Å². The third-order valence-corrected chi connectivity index (χ3v) is 3.15. The fraction of sp³-hybridized carbons (Fsp3) is 0.125. The Morgan fingerprint density at radius 3 is 1.95 bits per heavy atom. The smallest absolute Gasteiger partial charge is 0.289 e. The molecule has 2 aromatic rings. The van der Waals surface area contributed by atoms with Crippen molar-refractivity contribution in [3.05, 3.63) is 70.8 Å². The molecule has 2 aromatic carbocycles. The van der Waals surface area contributed by atoms with E-state index >= 15 is 0 Å². The average Bonchev–Trinajstić information content (AvgIpc) is 2.57. The quantitative estimate of drug-likeness (QED) is 0.292. The van der Waals surface area contributed by atoms with E-state index in [9.17, 15) is 9.59 Å². The number of nitrogens with one attached hydrogen (secondary N) is 2. The van der Waals surface area contributed by atoms with Gasteiger partial charge in [0.05, 0.1) is 0 Å². The first-order chi connectivity index (χ1) is 10.5. The molecule has 6 nitrogen and oxygen atoms in total. The number of rotatable bonds is 2. The Morgan fingerprint density at radius 2 is 1.45 bits per heavy atom. The molecule has 2 amide bonds. The number of aryl methyl sites for hydroxylation is 1. The number of hydrogen-bond donors (Lipinski definition) is 4. The highest BCUT2D eigenvalue weighted by molar-refractivity contribution is 6.10. The van der Waals surface area contributed by atoms with E-state index in [1.165, 1.54) is 0 Å². The van der Waals surface area contributed by atoms with Crippen molar-refractivity contribution in [3.8, 4) is 0 Å². The highest BCUT2D eigenvalue weighted by atomic mass is 16.2. The normalized spacial score (nSPS) is 9.27. The van der Waals surface area contributed by atoms with Gasteiger partial charge in [0.2, 0.25) is 0 Å². The van der Waals surface area contributed by atoms with E-state index in [0.29, 0.717) is 0 Å². The lowest BCUT2D eigenvalue weighted by Gasteiger charge is -2.07. The third kappa shape index (κ3) is 4.69. The van der Waals surface area contributed by atoms with E-state index < -0.39 is 6.03 Å². The number of ketones is 1. The molecule has 6 heteroatoms. The summed E-state index contributed by atoms with van der Waals surface area (Å²) >= 11 is 0. The Balaban J connectivity index is 0.000000346. The van der Waals surface area contributed by atoms with Crippen LogP contribution in [-0.2, 0) is 0 Å². The molecule has 0 aromatic heterocycles. The minimum absolute atomic E-state index is 0.0989. The number of hydrazine groups is 2. The lowest BCUT2D eigenvalue weighted by Crippen LogP contribution is -2.43. The molecule has 0 atom stereocenters. The van der Waals surface area contributed by atoms with Crippen LogP contribution in [0, 0.1) is 13.8 Å². The van der Waals surface area contributed by atoms with Gasteiger partial charge in [-0.2, -0.15) is 0 Å². The van der Waals surface area contributed by atoms with Gasteiger partial charge in [-0.15, -0.1) is 0 Å². The van der Waals surface area contributed by atoms with Gasteiger partial charge >= 0.3 is 6.03 Å². The van der Waals surface area contributed by atoms with Gasteiger partial charge in [0.25, 0.3) is 0 Å². The van der Waals surface area contributed by atoms with E-state index in [4.69, 9.17) is 0 Å². The van der Waals surface area contributed by atoms with Gasteiger partial charge < -0.3 is 0 Å². The van der Waals surface area contributed by atoms with E-state index in [1.807, 2.05) is 62.4 Å². The number of urea groups is 1. The first kappa shape index (κ1) is 17.4. The number of nitrogens with two attached hydrogens (primary N) is 2. The van der Waals surface area contributed by atoms with Crippen molar-refractivity contribution in [2.24, 2.45) is 11.7 Å². The fourth-order valence-corrected chi connectivity index (χ4v) is 1.78. The number of benzene rings is 2. The molecule has 0 aliphatic rings. The summed E-state index contributed by atoms with van der Waals surface area (Å²) in [5.41, 5.74) is 7.24. The molecule has 0 spiro atoms. The molecule has 0 bridgehead atoms. The maximum Gasteiger partial charge on any atom is 0.343 e. The molecular weight excluding hydrogens is 280 g/mol. The van der Waals surface area contributed by atoms with Crippen LogP contribution in [0.2, 0.25) is 0 Å². The van der Waals surface area contributed by atoms with E-state index in [1.54, 1.807) is 10.9 Å². The number of hydrogen-bond acceptors (Lipinski definition) is 4. The summed E-state index contributed by atoms with van der Waals surface area (Å²) in [6.07, 6.45) is 0. The molecule has 0 saturated carbocycles. The molecule has 0 fully saturated rings. The maximum absolute atomic E-state index is 12.2. The monoisotopic (exact) mass is 300 g/mol. The largest absolute Gasteiger partial charge is 0.343 e. The maximum atomic E-state index is 12.2. The van der Waals surface area contributed by atoms with Crippen molar-refractivity contribution < 1.29 is 9.59 Å². The second-order valence-electron chi connectivity index (χ2n) is 4.56. The van der Waals surface area contributed by atoms with Crippen LogP contribution in [0.15, 0.2) is 48.5 Å². The SMILES string of the molecule is Cc1cccc(C(=O)c2ccccc2)c1C.NNC(=O)NN. The average molecular weight is 300 g/mol. The molecule has 22 heavy (non-hydrogen) atoms. The first-order valence-corrected chi connectivity index (χ1v) is 6.64. The van der Waals surface area contributed by atoms with Crippen LogP contribution in [0.1, 0.15) is 27.0 Å². The molecular formula is C16H20N4O2. The lowest BCUT2D eigenvalue weighted by atomic mass is 9.96. The van der Waals surface area contributed by atoms with Crippen molar-refractivity contribution in [1.29, 1.82) is 0 Å².